The third kappa shape index (κ3) is 4.46. The fourth-order valence-corrected chi connectivity index (χ4v) is 4.54. The van der Waals surface area contributed by atoms with E-state index >= 15 is 0 Å². The van der Waals surface area contributed by atoms with Crippen LogP contribution in [0.1, 0.15) is 66.1 Å². The molecule has 0 aromatic carbocycles. The van der Waals surface area contributed by atoms with Crippen LogP contribution in [0.3, 0.4) is 0 Å². The maximum absolute atomic E-state index is 12.8. The summed E-state index contributed by atoms with van der Waals surface area (Å²) in [6.45, 7) is 13.8. The molecular weight excluding hydrogens is 372 g/mol. The largest absolute Gasteiger partial charge is 0.444 e. The topological polar surface area (TPSA) is 58.6 Å². The van der Waals surface area contributed by atoms with E-state index < -0.39 is 5.60 Å². The summed E-state index contributed by atoms with van der Waals surface area (Å²) in [5, 5.41) is 0. The molecule has 154 valence electrons. The summed E-state index contributed by atoms with van der Waals surface area (Å²) >= 11 is 1.58. The van der Waals surface area contributed by atoms with Crippen molar-refractivity contribution in [3.05, 3.63) is 23.3 Å². The van der Waals surface area contributed by atoms with Gasteiger partial charge in [-0.05, 0) is 52.7 Å². The van der Waals surface area contributed by atoms with E-state index in [1.54, 1.807) is 11.3 Å². The van der Waals surface area contributed by atoms with Gasteiger partial charge in [0.2, 0.25) is 0 Å². The minimum Gasteiger partial charge on any atom is -0.444 e. The highest BCUT2D eigenvalue weighted by Gasteiger charge is 2.39. The van der Waals surface area contributed by atoms with Gasteiger partial charge in [0.15, 0.2) is 0 Å². The molecule has 0 aliphatic carbocycles. The molecular formula is C21H32N4O2S. The van der Waals surface area contributed by atoms with Crippen LogP contribution in [0.25, 0.3) is 10.3 Å². The molecule has 1 saturated heterocycles. The number of carbonyl (C=O) groups excluding carboxylic acids is 1. The van der Waals surface area contributed by atoms with Gasteiger partial charge in [0, 0.05) is 31.2 Å². The summed E-state index contributed by atoms with van der Waals surface area (Å²) in [5.41, 5.74) is 3.38. The fourth-order valence-electron chi connectivity index (χ4n) is 3.87. The van der Waals surface area contributed by atoms with Gasteiger partial charge in [-0.1, -0.05) is 13.8 Å². The van der Waals surface area contributed by atoms with Crippen LogP contribution in [0, 0.1) is 0 Å². The quantitative estimate of drug-likeness (QED) is 0.728. The normalized spacial score (nSPS) is 22.4. The molecule has 6 nitrogen and oxygen atoms in total. The van der Waals surface area contributed by atoms with Crippen molar-refractivity contribution in [2.24, 2.45) is 0 Å². The van der Waals surface area contributed by atoms with Crippen LogP contribution in [-0.2, 0) is 4.74 Å². The Bertz CT molecular complexity index is 816. The standard InChI is InChI=1S/C21H32N4O2S/c1-7-15-12-25(20(26)27-21(4,5)6)16(8-2)11-24(15)14(3)17-9-10-18-19(23-17)28-13-22-18/h9-10,13-16H,7-8,11-12H2,1-6H3/t14?,15-,16+/m1/s1. The minimum absolute atomic E-state index is 0.146. The van der Waals surface area contributed by atoms with Gasteiger partial charge in [0.05, 0.1) is 16.7 Å². The molecule has 3 atom stereocenters. The second-order valence-corrected chi connectivity index (χ2v) is 9.38. The van der Waals surface area contributed by atoms with Crippen molar-refractivity contribution < 1.29 is 9.53 Å². The van der Waals surface area contributed by atoms with Crippen LogP contribution < -0.4 is 0 Å². The van der Waals surface area contributed by atoms with Crippen molar-refractivity contribution in [1.29, 1.82) is 0 Å². The van der Waals surface area contributed by atoms with E-state index in [0.717, 1.165) is 35.4 Å². The van der Waals surface area contributed by atoms with Gasteiger partial charge in [-0.3, -0.25) is 4.90 Å². The van der Waals surface area contributed by atoms with Crippen molar-refractivity contribution in [3.63, 3.8) is 0 Å². The Kier molecular flexibility index (Phi) is 6.25. The van der Waals surface area contributed by atoms with Gasteiger partial charge in [-0.25, -0.2) is 14.8 Å². The number of hydrogen-bond acceptors (Lipinski definition) is 6. The highest BCUT2D eigenvalue weighted by Crippen LogP contribution is 2.30. The second kappa shape index (κ2) is 8.33. The van der Waals surface area contributed by atoms with Crippen molar-refractivity contribution in [1.82, 2.24) is 19.8 Å². The number of piperazine rings is 1. The van der Waals surface area contributed by atoms with E-state index in [4.69, 9.17) is 9.72 Å². The highest BCUT2D eigenvalue weighted by atomic mass is 32.1. The Morgan fingerprint density at radius 2 is 1.96 bits per heavy atom. The van der Waals surface area contributed by atoms with Gasteiger partial charge in [-0.2, -0.15) is 0 Å². The number of thiazole rings is 1. The Hall–Kier alpha value is -1.73. The molecule has 0 saturated carbocycles. The summed E-state index contributed by atoms with van der Waals surface area (Å²) < 4.78 is 5.67. The highest BCUT2D eigenvalue weighted by molar-refractivity contribution is 7.16. The van der Waals surface area contributed by atoms with Crippen molar-refractivity contribution in [2.75, 3.05) is 13.1 Å². The summed E-state index contributed by atoms with van der Waals surface area (Å²) in [6, 6.07) is 4.75. The molecule has 1 fully saturated rings. The van der Waals surface area contributed by atoms with Gasteiger partial charge in [-0.15, -0.1) is 11.3 Å². The number of rotatable bonds is 4. The summed E-state index contributed by atoms with van der Waals surface area (Å²) in [6.07, 6.45) is 1.68. The average Bonchev–Trinajstić information content (AvgIpc) is 3.12. The lowest BCUT2D eigenvalue weighted by Gasteiger charge is -2.48. The molecule has 3 heterocycles. The Labute approximate surface area is 171 Å². The van der Waals surface area contributed by atoms with E-state index in [2.05, 4.69) is 42.8 Å². The van der Waals surface area contributed by atoms with Crippen LogP contribution in [-0.4, -0.2) is 56.6 Å². The fraction of sp³-hybridized carbons (Fsp3) is 0.667. The van der Waals surface area contributed by atoms with Crippen molar-refractivity contribution in [2.45, 2.75) is 78.1 Å². The van der Waals surface area contributed by atoms with Crippen LogP contribution in [0.2, 0.25) is 0 Å². The van der Waals surface area contributed by atoms with Crippen LogP contribution >= 0.6 is 11.3 Å². The van der Waals surface area contributed by atoms with Crippen LogP contribution in [0.4, 0.5) is 4.79 Å². The monoisotopic (exact) mass is 404 g/mol. The zero-order chi connectivity index (χ0) is 20.5. The zero-order valence-corrected chi connectivity index (χ0v) is 18.6. The molecule has 2 aromatic rings. The lowest BCUT2D eigenvalue weighted by atomic mass is 9.99. The molecule has 0 N–H and O–H groups in total. The number of carbonyl (C=O) groups is 1. The number of ether oxygens (including phenoxy) is 1. The van der Waals surface area contributed by atoms with E-state index in [1.165, 1.54) is 0 Å². The predicted octanol–water partition coefficient (Wildman–Crippen LogP) is 4.86. The summed E-state index contributed by atoms with van der Waals surface area (Å²) in [5.74, 6) is 0. The lowest BCUT2D eigenvalue weighted by molar-refractivity contribution is -0.0272. The molecule has 1 aliphatic rings. The van der Waals surface area contributed by atoms with E-state index in [0.29, 0.717) is 6.54 Å². The number of fused-ring (bicyclic) bond motifs is 1. The molecule has 3 rings (SSSR count). The van der Waals surface area contributed by atoms with Crippen LogP contribution in [0.15, 0.2) is 17.6 Å². The third-order valence-electron chi connectivity index (χ3n) is 5.45. The Balaban J connectivity index is 1.81. The molecule has 28 heavy (non-hydrogen) atoms. The van der Waals surface area contributed by atoms with Gasteiger partial charge in [0.1, 0.15) is 10.4 Å². The smallest absolute Gasteiger partial charge is 0.410 e. The molecule has 2 aromatic heterocycles. The Morgan fingerprint density at radius 3 is 2.61 bits per heavy atom. The maximum atomic E-state index is 12.8. The van der Waals surface area contributed by atoms with Crippen LogP contribution in [0.5, 0.6) is 0 Å². The second-order valence-electron chi connectivity index (χ2n) is 8.54. The molecule has 1 unspecified atom stereocenters. The van der Waals surface area contributed by atoms with E-state index in [-0.39, 0.29) is 24.2 Å². The Morgan fingerprint density at radius 1 is 1.25 bits per heavy atom. The summed E-state index contributed by atoms with van der Waals surface area (Å²) in [4.78, 5) is 27.4. The number of amides is 1. The molecule has 0 bridgehead atoms. The predicted molar refractivity (Wildman–Crippen MR) is 114 cm³/mol. The maximum Gasteiger partial charge on any atom is 0.410 e. The zero-order valence-electron chi connectivity index (χ0n) is 17.8. The molecule has 0 radical (unpaired) electrons. The third-order valence-corrected chi connectivity index (χ3v) is 6.19. The first-order valence-corrected chi connectivity index (χ1v) is 11.1. The first-order valence-electron chi connectivity index (χ1n) is 10.2. The summed E-state index contributed by atoms with van der Waals surface area (Å²) in [7, 11) is 0. The first kappa shape index (κ1) is 21.0. The molecule has 0 spiro atoms. The van der Waals surface area contributed by atoms with Gasteiger partial charge < -0.3 is 9.64 Å². The minimum atomic E-state index is -0.477. The van der Waals surface area contributed by atoms with Gasteiger partial charge >= 0.3 is 6.09 Å². The molecule has 7 heteroatoms. The number of nitrogens with zero attached hydrogens (tertiary/aromatic N) is 4. The van der Waals surface area contributed by atoms with Crippen molar-refractivity contribution >= 4 is 27.8 Å². The SMILES string of the molecule is CC[C@H]1CN(C(C)c2ccc3ncsc3n2)[C@H](CC)CN1C(=O)OC(C)(C)C. The molecule has 1 amide bonds. The van der Waals surface area contributed by atoms with Crippen molar-refractivity contribution in [3.8, 4) is 0 Å². The first-order chi connectivity index (χ1) is 13.2. The number of pyridine rings is 1. The average molecular weight is 405 g/mol. The lowest BCUT2D eigenvalue weighted by Crippen LogP contribution is -2.60. The van der Waals surface area contributed by atoms with E-state index in [1.807, 2.05) is 31.2 Å². The van der Waals surface area contributed by atoms with Gasteiger partial charge in [0.25, 0.3) is 0 Å². The van der Waals surface area contributed by atoms with E-state index in [9.17, 15) is 4.79 Å². The number of hydrogen-bond donors (Lipinski definition) is 0. The number of aromatic nitrogens is 2. The molecule has 1 aliphatic heterocycles.